The Morgan fingerprint density at radius 2 is 1.81 bits per heavy atom. The molecule has 1 fully saturated rings. The van der Waals surface area contributed by atoms with Crippen LogP contribution in [0, 0.1) is 11.7 Å². The van der Waals surface area contributed by atoms with E-state index in [1.54, 1.807) is 0 Å². The number of aliphatic carboxylic acids is 1. The van der Waals surface area contributed by atoms with Crippen LogP contribution in [0.15, 0.2) is 54.6 Å². The molecule has 2 amide bonds. The molecule has 3 rings (SSSR count). The van der Waals surface area contributed by atoms with Crippen LogP contribution in [0.3, 0.4) is 0 Å². The van der Waals surface area contributed by atoms with Crippen LogP contribution in [0.2, 0.25) is 0 Å². The molecule has 1 aliphatic heterocycles. The lowest BCUT2D eigenvalue weighted by atomic mass is 9.89. The highest BCUT2D eigenvalue weighted by molar-refractivity contribution is 5.96. The average molecular weight is 370 g/mol. The maximum absolute atomic E-state index is 13.2. The van der Waals surface area contributed by atoms with Crippen LogP contribution in [0.4, 0.5) is 4.39 Å². The highest BCUT2D eigenvalue weighted by Gasteiger charge is 2.40. The fourth-order valence-corrected chi connectivity index (χ4v) is 3.30. The molecule has 0 radical (unpaired) electrons. The lowest BCUT2D eigenvalue weighted by Crippen LogP contribution is -2.39. The van der Waals surface area contributed by atoms with Gasteiger partial charge in [-0.25, -0.2) is 4.39 Å². The molecule has 0 aromatic heterocycles. The highest BCUT2D eigenvalue weighted by atomic mass is 19.1. The largest absolute Gasteiger partial charge is 0.481 e. The number of amides is 2. The van der Waals surface area contributed by atoms with E-state index in [4.69, 9.17) is 0 Å². The molecule has 6 nitrogen and oxygen atoms in total. The Kier molecular flexibility index (Phi) is 5.49. The fraction of sp³-hybridized carbons (Fsp3) is 0.250. The summed E-state index contributed by atoms with van der Waals surface area (Å²) in [6.45, 7) is 0.0857. The predicted molar refractivity (Wildman–Crippen MR) is 95.6 cm³/mol. The lowest BCUT2D eigenvalue weighted by molar-refractivity contribution is -0.141. The standard InChI is InChI=1S/C20H19FN2O4/c21-15-8-4-7-14(9-15)19(25)22-10-18(24)23-11-16(17(12-23)20(26)27)13-5-2-1-3-6-13/h1-9,16-17H,10-12H2,(H,22,25)(H,26,27). The number of rotatable bonds is 5. The van der Waals surface area contributed by atoms with Crippen LogP contribution < -0.4 is 5.32 Å². The highest BCUT2D eigenvalue weighted by Crippen LogP contribution is 2.32. The first kappa shape index (κ1) is 18.6. The van der Waals surface area contributed by atoms with E-state index in [2.05, 4.69) is 5.32 Å². The molecular formula is C20H19FN2O4. The minimum atomic E-state index is -0.956. The molecule has 0 bridgehead atoms. The number of carbonyl (C=O) groups is 3. The summed E-state index contributed by atoms with van der Waals surface area (Å²) in [4.78, 5) is 37.5. The first-order chi connectivity index (χ1) is 13.0. The monoisotopic (exact) mass is 370 g/mol. The van der Waals surface area contributed by atoms with Crippen LogP contribution in [-0.4, -0.2) is 47.4 Å². The molecule has 7 heteroatoms. The van der Waals surface area contributed by atoms with E-state index in [9.17, 15) is 23.9 Å². The van der Waals surface area contributed by atoms with Gasteiger partial charge in [0.25, 0.3) is 5.91 Å². The van der Waals surface area contributed by atoms with Gasteiger partial charge in [0.15, 0.2) is 0 Å². The van der Waals surface area contributed by atoms with E-state index in [0.717, 1.165) is 11.6 Å². The van der Waals surface area contributed by atoms with E-state index in [0.29, 0.717) is 0 Å². The molecule has 2 aromatic carbocycles. The van der Waals surface area contributed by atoms with Gasteiger partial charge in [-0.15, -0.1) is 0 Å². The molecular weight excluding hydrogens is 351 g/mol. The second kappa shape index (κ2) is 7.99. The third-order valence-electron chi connectivity index (χ3n) is 4.70. The van der Waals surface area contributed by atoms with Gasteiger partial charge in [-0.3, -0.25) is 14.4 Å². The van der Waals surface area contributed by atoms with Crippen molar-refractivity contribution in [2.75, 3.05) is 19.6 Å². The Labute approximate surface area is 155 Å². The van der Waals surface area contributed by atoms with Gasteiger partial charge < -0.3 is 15.3 Å². The van der Waals surface area contributed by atoms with Crippen molar-refractivity contribution in [3.8, 4) is 0 Å². The van der Waals surface area contributed by atoms with Gasteiger partial charge in [0.1, 0.15) is 5.82 Å². The SMILES string of the molecule is O=C(NCC(=O)N1CC(C(=O)O)C(c2ccccc2)C1)c1cccc(F)c1. The summed E-state index contributed by atoms with van der Waals surface area (Å²) in [5, 5.41) is 12.0. The normalized spacial score (nSPS) is 18.9. The Morgan fingerprint density at radius 3 is 2.48 bits per heavy atom. The van der Waals surface area contributed by atoms with Crippen molar-refractivity contribution in [3.63, 3.8) is 0 Å². The van der Waals surface area contributed by atoms with Crippen LogP contribution in [0.25, 0.3) is 0 Å². The van der Waals surface area contributed by atoms with Crippen molar-refractivity contribution in [3.05, 3.63) is 71.5 Å². The van der Waals surface area contributed by atoms with Crippen molar-refractivity contribution in [2.24, 2.45) is 5.92 Å². The van der Waals surface area contributed by atoms with Gasteiger partial charge in [0.2, 0.25) is 5.91 Å². The molecule has 2 unspecified atom stereocenters. The first-order valence-corrected chi connectivity index (χ1v) is 8.55. The quantitative estimate of drug-likeness (QED) is 0.841. The number of nitrogens with zero attached hydrogens (tertiary/aromatic N) is 1. The lowest BCUT2D eigenvalue weighted by Gasteiger charge is -2.17. The zero-order valence-electron chi connectivity index (χ0n) is 14.5. The van der Waals surface area contributed by atoms with E-state index in [1.807, 2.05) is 30.3 Å². The molecule has 140 valence electrons. The Hall–Kier alpha value is -3.22. The molecule has 2 atom stereocenters. The second-order valence-electron chi connectivity index (χ2n) is 6.45. The van der Waals surface area contributed by atoms with Crippen LogP contribution in [0.1, 0.15) is 21.8 Å². The summed E-state index contributed by atoms with van der Waals surface area (Å²) in [6, 6.07) is 14.4. The molecule has 2 N–H and O–H groups in total. The zero-order chi connectivity index (χ0) is 19.4. The summed E-state index contributed by atoms with van der Waals surface area (Å²) >= 11 is 0. The zero-order valence-corrected chi connectivity index (χ0v) is 14.5. The number of halogens is 1. The number of carboxylic acid groups (broad SMARTS) is 1. The van der Waals surface area contributed by atoms with Crippen LogP contribution >= 0.6 is 0 Å². The first-order valence-electron chi connectivity index (χ1n) is 8.55. The number of hydrogen-bond acceptors (Lipinski definition) is 3. The van der Waals surface area contributed by atoms with Crippen LogP contribution in [0.5, 0.6) is 0 Å². The third-order valence-corrected chi connectivity index (χ3v) is 4.70. The Bertz CT molecular complexity index is 856. The third kappa shape index (κ3) is 4.31. The van der Waals surface area contributed by atoms with E-state index >= 15 is 0 Å². The minimum Gasteiger partial charge on any atom is -0.481 e. The molecule has 27 heavy (non-hydrogen) atoms. The van der Waals surface area contributed by atoms with Crippen molar-refractivity contribution in [1.29, 1.82) is 0 Å². The minimum absolute atomic E-state index is 0.0869. The summed E-state index contributed by atoms with van der Waals surface area (Å²) in [6.07, 6.45) is 0. The van der Waals surface area contributed by atoms with Gasteiger partial charge in [0, 0.05) is 24.6 Å². The van der Waals surface area contributed by atoms with E-state index in [-0.39, 0.29) is 37.0 Å². The van der Waals surface area contributed by atoms with Crippen molar-refractivity contribution >= 4 is 17.8 Å². The van der Waals surface area contributed by atoms with Gasteiger partial charge in [-0.05, 0) is 23.8 Å². The van der Waals surface area contributed by atoms with Crippen molar-refractivity contribution in [1.82, 2.24) is 10.2 Å². The molecule has 1 heterocycles. The van der Waals surface area contributed by atoms with Crippen LogP contribution in [-0.2, 0) is 9.59 Å². The number of benzene rings is 2. The molecule has 0 spiro atoms. The summed E-state index contributed by atoms with van der Waals surface area (Å²) in [5.74, 6) is -3.42. The summed E-state index contributed by atoms with van der Waals surface area (Å²) in [7, 11) is 0. The van der Waals surface area contributed by atoms with E-state index < -0.39 is 23.6 Å². The Balaban J connectivity index is 1.63. The van der Waals surface area contributed by atoms with Crippen molar-refractivity contribution in [2.45, 2.75) is 5.92 Å². The van der Waals surface area contributed by atoms with Gasteiger partial charge in [0.05, 0.1) is 12.5 Å². The van der Waals surface area contributed by atoms with E-state index in [1.165, 1.54) is 23.1 Å². The number of likely N-dealkylation sites (tertiary alicyclic amines) is 1. The van der Waals surface area contributed by atoms with Gasteiger partial charge >= 0.3 is 5.97 Å². The summed E-state index contributed by atoms with van der Waals surface area (Å²) in [5.41, 5.74) is 0.985. The van der Waals surface area contributed by atoms with Crippen molar-refractivity contribution < 1.29 is 23.9 Å². The second-order valence-corrected chi connectivity index (χ2v) is 6.45. The topological polar surface area (TPSA) is 86.7 Å². The average Bonchev–Trinajstić information content (AvgIpc) is 3.12. The Morgan fingerprint density at radius 1 is 1.07 bits per heavy atom. The molecule has 1 saturated heterocycles. The smallest absolute Gasteiger partial charge is 0.308 e. The fourth-order valence-electron chi connectivity index (χ4n) is 3.30. The maximum atomic E-state index is 13.2. The van der Waals surface area contributed by atoms with Gasteiger partial charge in [-0.1, -0.05) is 36.4 Å². The number of carboxylic acids is 1. The molecule has 1 aliphatic rings. The maximum Gasteiger partial charge on any atom is 0.308 e. The molecule has 0 aliphatic carbocycles. The summed E-state index contributed by atoms with van der Waals surface area (Å²) < 4.78 is 13.2. The number of nitrogens with one attached hydrogen (secondary N) is 1. The molecule has 2 aromatic rings. The number of carbonyl (C=O) groups excluding carboxylic acids is 2. The molecule has 0 saturated carbocycles. The van der Waals surface area contributed by atoms with Gasteiger partial charge in [-0.2, -0.15) is 0 Å². The predicted octanol–water partition coefficient (Wildman–Crippen LogP) is 1.88. The number of hydrogen-bond donors (Lipinski definition) is 2.